The number of carbonyl (C=O) groups is 2. The van der Waals surface area contributed by atoms with Gasteiger partial charge in [-0.1, -0.05) is 0 Å². The predicted octanol–water partition coefficient (Wildman–Crippen LogP) is 0.0535. The maximum Gasteiger partial charge on any atom is 0.408 e. The van der Waals surface area contributed by atoms with Crippen LogP contribution in [-0.4, -0.2) is 54.0 Å². The van der Waals surface area contributed by atoms with Crippen molar-refractivity contribution in [1.29, 1.82) is 0 Å². The van der Waals surface area contributed by atoms with Gasteiger partial charge >= 0.3 is 6.09 Å². The standard InChI is InChI=1S/C10H20N2O5S/c1-10(2,3)12(9(14)15)7(8(11)13)5-6-18(4,16)17/h7H,5-6H2,1-4H3,(H2,11,13)(H,14,15)/t7-/m0/s1. The van der Waals surface area contributed by atoms with Gasteiger partial charge in [0, 0.05) is 11.8 Å². The first kappa shape index (κ1) is 16.7. The van der Waals surface area contributed by atoms with Crippen LogP contribution in [0.25, 0.3) is 0 Å². The van der Waals surface area contributed by atoms with E-state index in [1.54, 1.807) is 20.8 Å². The van der Waals surface area contributed by atoms with Gasteiger partial charge in [0.05, 0.1) is 5.75 Å². The van der Waals surface area contributed by atoms with Crippen LogP contribution in [0, 0.1) is 0 Å². The maximum absolute atomic E-state index is 11.3. The van der Waals surface area contributed by atoms with E-state index in [0.29, 0.717) is 0 Å². The molecule has 0 unspecified atom stereocenters. The minimum absolute atomic E-state index is 0.141. The molecule has 8 heteroatoms. The molecule has 0 aliphatic rings. The molecule has 0 aromatic heterocycles. The Morgan fingerprint density at radius 1 is 1.33 bits per heavy atom. The molecular formula is C10H20N2O5S. The van der Waals surface area contributed by atoms with Gasteiger partial charge in [-0.25, -0.2) is 13.2 Å². The lowest BCUT2D eigenvalue weighted by molar-refractivity contribution is -0.124. The molecule has 2 amide bonds. The fraction of sp³-hybridized carbons (Fsp3) is 0.800. The topological polar surface area (TPSA) is 118 Å². The van der Waals surface area contributed by atoms with Gasteiger partial charge < -0.3 is 10.8 Å². The first-order valence-electron chi connectivity index (χ1n) is 5.35. The van der Waals surface area contributed by atoms with Crippen molar-refractivity contribution in [1.82, 2.24) is 4.90 Å². The van der Waals surface area contributed by atoms with Gasteiger partial charge in [0.15, 0.2) is 0 Å². The molecule has 0 aliphatic heterocycles. The third-order valence-corrected chi connectivity index (χ3v) is 3.31. The Labute approximate surface area is 107 Å². The van der Waals surface area contributed by atoms with E-state index in [-0.39, 0.29) is 12.2 Å². The number of rotatable bonds is 5. The number of sulfone groups is 1. The second-order valence-electron chi connectivity index (χ2n) is 5.16. The molecular weight excluding hydrogens is 260 g/mol. The van der Waals surface area contributed by atoms with Gasteiger partial charge in [0.25, 0.3) is 0 Å². The second-order valence-corrected chi connectivity index (χ2v) is 7.42. The van der Waals surface area contributed by atoms with Crippen molar-refractivity contribution in [2.24, 2.45) is 5.73 Å². The van der Waals surface area contributed by atoms with Gasteiger partial charge in [-0.2, -0.15) is 0 Å². The summed E-state index contributed by atoms with van der Waals surface area (Å²) in [5, 5.41) is 9.13. The van der Waals surface area contributed by atoms with Crippen LogP contribution < -0.4 is 5.73 Å². The smallest absolute Gasteiger partial charge is 0.408 e. The molecule has 1 atom stereocenters. The van der Waals surface area contributed by atoms with Crippen LogP contribution in [0.4, 0.5) is 4.79 Å². The quantitative estimate of drug-likeness (QED) is 0.738. The highest BCUT2D eigenvalue weighted by Gasteiger charge is 2.36. The summed E-state index contributed by atoms with van der Waals surface area (Å²) in [6, 6.07) is -1.16. The summed E-state index contributed by atoms with van der Waals surface area (Å²) in [5.74, 6) is -1.14. The number of carboxylic acid groups (broad SMARTS) is 1. The second kappa shape index (κ2) is 5.55. The van der Waals surface area contributed by atoms with Gasteiger partial charge in [0.1, 0.15) is 15.9 Å². The predicted molar refractivity (Wildman–Crippen MR) is 66.9 cm³/mol. The zero-order chi connectivity index (χ0) is 14.7. The zero-order valence-corrected chi connectivity index (χ0v) is 11.8. The fourth-order valence-electron chi connectivity index (χ4n) is 1.61. The van der Waals surface area contributed by atoms with Crippen LogP contribution in [0.5, 0.6) is 0 Å². The molecule has 0 heterocycles. The minimum Gasteiger partial charge on any atom is -0.465 e. The Morgan fingerprint density at radius 3 is 2.00 bits per heavy atom. The molecule has 106 valence electrons. The van der Waals surface area contributed by atoms with E-state index in [2.05, 4.69) is 0 Å². The zero-order valence-electron chi connectivity index (χ0n) is 11.0. The number of nitrogens with zero attached hydrogens (tertiary/aromatic N) is 1. The molecule has 18 heavy (non-hydrogen) atoms. The van der Waals surface area contributed by atoms with Crippen LogP contribution in [0.2, 0.25) is 0 Å². The molecule has 3 N–H and O–H groups in total. The van der Waals surface area contributed by atoms with Gasteiger partial charge in [0.2, 0.25) is 5.91 Å². The number of carbonyl (C=O) groups excluding carboxylic acids is 1. The molecule has 0 saturated carbocycles. The van der Waals surface area contributed by atoms with Crippen molar-refractivity contribution in [2.75, 3.05) is 12.0 Å². The van der Waals surface area contributed by atoms with E-state index in [9.17, 15) is 18.0 Å². The molecule has 0 saturated heterocycles. The van der Waals surface area contributed by atoms with Gasteiger partial charge in [-0.3, -0.25) is 9.69 Å². The molecule has 0 rings (SSSR count). The van der Waals surface area contributed by atoms with E-state index in [1.165, 1.54) is 0 Å². The van der Waals surface area contributed by atoms with Crippen LogP contribution in [0.1, 0.15) is 27.2 Å². The highest BCUT2D eigenvalue weighted by molar-refractivity contribution is 7.90. The van der Waals surface area contributed by atoms with Crippen LogP contribution >= 0.6 is 0 Å². The molecule has 7 nitrogen and oxygen atoms in total. The van der Waals surface area contributed by atoms with Crippen LogP contribution in [0.3, 0.4) is 0 Å². The Kier molecular flexibility index (Phi) is 5.15. The molecule has 0 aliphatic carbocycles. The minimum atomic E-state index is -3.28. The molecule has 0 aromatic rings. The Morgan fingerprint density at radius 2 is 1.78 bits per heavy atom. The van der Waals surface area contributed by atoms with Crippen LogP contribution in [0.15, 0.2) is 0 Å². The molecule has 0 aromatic carbocycles. The van der Waals surface area contributed by atoms with Crippen molar-refractivity contribution in [3.8, 4) is 0 Å². The lowest BCUT2D eigenvalue weighted by atomic mass is 10.0. The number of hydrogen-bond acceptors (Lipinski definition) is 4. The van der Waals surface area contributed by atoms with Crippen molar-refractivity contribution in [2.45, 2.75) is 38.8 Å². The average molecular weight is 280 g/mol. The fourth-order valence-corrected chi connectivity index (χ4v) is 2.26. The summed E-state index contributed by atoms with van der Waals surface area (Å²) in [5.41, 5.74) is 4.32. The lowest BCUT2D eigenvalue weighted by Crippen LogP contribution is -2.56. The van der Waals surface area contributed by atoms with Crippen LogP contribution in [-0.2, 0) is 14.6 Å². The Hall–Kier alpha value is -1.31. The summed E-state index contributed by atoms with van der Waals surface area (Å²) < 4.78 is 22.2. The van der Waals surface area contributed by atoms with Gasteiger partial charge in [-0.15, -0.1) is 0 Å². The molecule has 0 bridgehead atoms. The summed E-state index contributed by atoms with van der Waals surface area (Å²) in [6.07, 6.45) is -0.426. The SMILES string of the molecule is CC(C)(C)N(C(=O)O)[C@@H](CCS(C)(=O)=O)C(N)=O. The maximum atomic E-state index is 11.3. The third kappa shape index (κ3) is 5.35. The molecule has 0 spiro atoms. The Bertz CT molecular complexity index is 424. The van der Waals surface area contributed by atoms with Crippen molar-refractivity contribution >= 4 is 21.8 Å². The van der Waals surface area contributed by atoms with E-state index in [4.69, 9.17) is 10.8 Å². The van der Waals surface area contributed by atoms with E-state index in [0.717, 1.165) is 11.2 Å². The van der Waals surface area contributed by atoms with E-state index < -0.39 is 33.4 Å². The summed E-state index contributed by atoms with van der Waals surface area (Å²) >= 11 is 0. The third-order valence-electron chi connectivity index (χ3n) is 2.33. The molecule has 0 fully saturated rings. The Balaban J connectivity index is 5.19. The normalized spacial score (nSPS) is 14.0. The summed E-state index contributed by atoms with van der Waals surface area (Å²) in [4.78, 5) is 23.4. The first-order chi connectivity index (χ1) is 7.86. The monoisotopic (exact) mass is 280 g/mol. The summed E-state index contributed by atoms with van der Waals surface area (Å²) in [7, 11) is -3.28. The van der Waals surface area contributed by atoms with Crippen molar-refractivity contribution in [3.05, 3.63) is 0 Å². The number of hydrogen-bond donors (Lipinski definition) is 2. The number of primary amides is 1. The van der Waals surface area contributed by atoms with E-state index >= 15 is 0 Å². The first-order valence-corrected chi connectivity index (χ1v) is 7.41. The summed E-state index contributed by atoms with van der Waals surface area (Å²) in [6.45, 7) is 4.83. The lowest BCUT2D eigenvalue weighted by Gasteiger charge is -2.38. The van der Waals surface area contributed by atoms with E-state index in [1.807, 2.05) is 0 Å². The number of amides is 2. The highest BCUT2D eigenvalue weighted by atomic mass is 32.2. The number of nitrogens with two attached hydrogens (primary N) is 1. The average Bonchev–Trinajstić information content (AvgIpc) is 2.06. The molecule has 0 radical (unpaired) electrons. The van der Waals surface area contributed by atoms with Crippen molar-refractivity contribution < 1.29 is 23.1 Å². The largest absolute Gasteiger partial charge is 0.465 e. The van der Waals surface area contributed by atoms with Crippen molar-refractivity contribution in [3.63, 3.8) is 0 Å². The van der Waals surface area contributed by atoms with Gasteiger partial charge in [-0.05, 0) is 27.2 Å². The highest BCUT2D eigenvalue weighted by Crippen LogP contribution is 2.19.